The average molecular weight is 268 g/mol. The van der Waals surface area contributed by atoms with Crippen molar-refractivity contribution in [1.29, 1.82) is 0 Å². The Bertz CT molecular complexity index is 347. The number of carboxylic acids is 1. The number of carbonyl (C=O) groups is 2. The van der Waals surface area contributed by atoms with Gasteiger partial charge in [0.15, 0.2) is 0 Å². The van der Waals surface area contributed by atoms with Crippen LogP contribution in [0.5, 0.6) is 0 Å². The molecule has 0 spiro atoms. The first-order valence-corrected chi connectivity index (χ1v) is 7.32. The van der Waals surface area contributed by atoms with E-state index >= 15 is 0 Å². The molecule has 1 saturated carbocycles. The van der Waals surface area contributed by atoms with E-state index in [2.05, 4.69) is 12.2 Å². The number of carboxylic acid groups (broad SMARTS) is 1. The third-order valence-corrected chi connectivity index (χ3v) is 4.42. The molecule has 1 saturated heterocycles. The van der Waals surface area contributed by atoms with Gasteiger partial charge in [-0.05, 0) is 38.6 Å². The Hall–Kier alpha value is -1.10. The van der Waals surface area contributed by atoms with Crippen LogP contribution < -0.4 is 5.32 Å². The lowest BCUT2D eigenvalue weighted by Crippen LogP contribution is -2.52. The van der Waals surface area contributed by atoms with E-state index in [4.69, 9.17) is 5.11 Å². The predicted molar refractivity (Wildman–Crippen MR) is 71.8 cm³/mol. The number of aliphatic carboxylic acids is 1. The number of rotatable bonds is 6. The Labute approximate surface area is 114 Å². The molecular formula is C14H24N2O3. The molecule has 0 radical (unpaired) electrons. The monoisotopic (exact) mass is 268 g/mol. The maximum Gasteiger partial charge on any atom is 0.305 e. The van der Waals surface area contributed by atoms with Crippen LogP contribution in [0.4, 0.5) is 0 Å². The fourth-order valence-electron chi connectivity index (χ4n) is 2.96. The second-order valence-corrected chi connectivity index (χ2v) is 5.79. The molecule has 1 unspecified atom stereocenters. The second-order valence-electron chi connectivity index (χ2n) is 5.79. The molecule has 2 N–H and O–H groups in total. The molecule has 5 heteroatoms. The standard InChI is InChI=1S/C14H24N2O3/c1-2-14(7-3-8-15-10-14)13(19)16(11-4-5-11)9-6-12(17)18/h11,15H,2-10H2,1H3,(H,17,18). The third kappa shape index (κ3) is 3.26. The molecule has 19 heavy (non-hydrogen) atoms. The van der Waals surface area contributed by atoms with Crippen LogP contribution in [0.25, 0.3) is 0 Å². The number of hydrogen-bond acceptors (Lipinski definition) is 3. The van der Waals surface area contributed by atoms with E-state index in [1.54, 1.807) is 0 Å². The first-order valence-electron chi connectivity index (χ1n) is 7.32. The van der Waals surface area contributed by atoms with Gasteiger partial charge in [-0.15, -0.1) is 0 Å². The fraction of sp³-hybridized carbons (Fsp3) is 0.857. The fourth-order valence-corrected chi connectivity index (χ4v) is 2.96. The minimum Gasteiger partial charge on any atom is -0.481 e. The lowest BCUT2D eigenvalue weighted by atomic mass is 9.77. The maximum absolute atomic E-state index is 12.8. The maximum atomic E-state index is 12.8. The summed E-state index contributed by atoms with van der Waals surface area (Å²) in [5, 5.41) is 12.2. The molecule has 2 rings (SSSR count). The summed E-state index contributed by atoms with van der Waals surface area (Å²) in [5.41, 5.74) is -0.306. The third-order valence-electron chi connectivity index (χ3n) is 4.42. The van der Waals surface area contributed by atoms with Crippen molar-refractivity contribution in [3.05, 3.63) is 0 Å². The molecule has 1 aliphatic heterocycles. The van der Waals surface area contributed by atoms with Crippen molar-refractivity contribution in [2.45, 2.75) is 51.5 Å². The molecule has 1 aliphatic carbocycles. The molecule has 1 amide bonds. The number of piperidine rings is 1. The molecule has 1 heterocycles. The molecule has 0 aromatic heterocycles. The van der Waals surface area contributed by atoms with Crippen LogP contribution in [-0.2, 0) is 9.59 Å². The SMILES string of the molecule is CCC1(C(=O)N(CCC(=O)O)C2CC2)CCCNC1. The zero-order valence-corrected chi connectivity index (χ0v) is 11.7. The van der Waals surface area contributed by atoms with Gasteiger partial charge in [0.1, 0.15) is 0 Å². The molecule has 0 aromatic rings. The van der Waals surface area contributed by atoms with Gasteiger partial charge >= 0.3 is 5.97 Å². The minimum atomic E-state index is -0.828. The van der Waals surface area contributed by atoms with Gasteiger partial charge < -0.3 is 15.3 Å². The van der Waals surface area contributed by atoms with Crippen molar-refractivity contribution in [3.8, 4) is 0 Å². The van der Waals surface area contributed by atoms with E-state index in [1.807, 2.05) is 4.90 Å². The van der Waals surface area contributed by atoms with Gasteiger partial charge in [-0.3, -0.25) is 9.59 Å². The van der Waals surface area contributed by atoms with Crippen LogP contribution >= 0.6 is 0 Å². The Kier molecular flexibility index (Phi) is 4.45. The predicted octanol–water partition coefficient (Wildman–Crippen LogP) is 1.23. The van der Waals surface area contributed by atoms with E-state index in [0.717, 1.165) is 45.2 Å². The highest BCUT2D eigenvalue weighted by atomic mass is 16.4. The Morgan fingerprint density at radius 2 is 2.16 bits per heavy atom. The van der Waals surface area contributed by atoms with E-state index in [1.165, 1.54) is 0 Å². The highest BCUT2D eigenvalue weighted by Crippen LogP contribution is 2.37. The minimum absolute atomic E-state index is 0.0511. The number of hydrogen-bond donors (Lipinski definition) is 2. The Morgan fingerprint density at radius 3 is 2.63 bits per heavy atom. The first kappa shape index (κ1) is 14.3. The molecule has 0 bridgehead atoms. The van der Waals surface area contributed by atoms with E-state index < -0.39 is 5.97 Å². The van der Waals surface area contributed by atoms with Crippen LogP contribution in [0.15, 0.2) is 0 Å². The van der Waals surface area contributed by atoms with Gasteiger partial charge in [0, 0.05) is 19.1 Å². The Morgan fingerprint density at radius 1 is 1.42 bits per heavy atom. The lowest BCUT2D eigenvalue weighted by Gasteiger charge is -2.39. The molecule has 2 aliphatic rings. The zero-order valence-electron chi connectivity index (χ0n) is 11.7. The van der Waals surface area contributed by atoms with Gasteiger partial charge in [0.2, 0.25) is 5.91 Å². The smallest absolute Gasteiger partial charge is 0.305 e. The molecule has 1 atom stereocenters. The van der Waals surface area contributed by atoms with Crippen LogP contribution in [0.1, 0.15) is 45.4 Å². The molecular weight excluding hydrogens is 244 g/mol. The van der Waals surface area contributed by atoms with E-state index in [-0.39, 0.29) is 23.8 Å². The topological polar surface area (TPSA) is 69.6 Å². The van der Waals surface area contributed by atoms with Gasteiger partial charge in [0.25, 0.3) is 0 Å². The van der Waals surface area contributed by atoms with Crippen LogP contribution in [0.3, 0.4) is 0 Å². The second kappa shape index (κ2) is 5.90. The van der Waals surface area contributed by atoms with E-state index in [0.29, 0.717) is 6.54 Å². The molecule has 5 nitrogen and oxygen atoms in total. The highest BCUT2D eigenvalue weighted by molar-refractivity contribution is 5.84. The highest BCUT2D eigenvalue weighted by Gasteiger charge is 2.44. The van der Waals surface area contributed by atoms with Gasteiger partial charge in [-0.2, -0.15) is 0 Å². The average Bonchev–Trinajstić information content (AvgIpc) is 3.24. The van der Waals surface area contributed by atoms with Crippen molar-refractivity contribution < 1.29 is 14.7 Å². The van der Waals surface area contributed by atoms with Crippen molar-refractivity contribution in [2.24, 2.45) is 5.41 Å². The van der Waals surface area contributed by atoms with Crippen LogP contribution in [0.2, 0.25) is 0 Å². The first-order chi connectivity index (χ1) is 9.09. The summed E-state index contributed by atoms with van der Waals surface area (Å²) < 4.78 is 0. The Balaban J connectivity index is 2.06. The van der Waals surface area contributed by atoms with E-state index in [9.17, 15) is 9.59 Å². The summed E-state index contributed by atoms with van der Waals surface area (Å²) in [7, 11) is 0. The summed E-state index contributed by atoms with van der Waals surface area (Å²) >= 11 is 0. The lowest BCUT2D eigenvalue weighted by molar-refractivity contribution is -0.145. The van der Waals surface area contributed by atoms with Crippen LogP contribution in [-0.4, -0.2) is 47.6 Å². The summed E-state index contributed by atoms with van der Waals surface area (Å²) in [4.78, 5) is 25.4. The summed E-state index contributed by atoms with van der Waals surface area (Å²) in [6.45, 7) is 4.14. The van der Waals surface area contributed by atoms with Crippen molar-refractivity contribution in [2.75, 3.05) is 19.6 Å². The van der Waals surface area contributed by atoms with Gasteiger partial charge in [-0.25, -0.2) is 0 Å². The van der Waals surface area contributed by atoms with Crippen molar-refractivity contribution in [3.63, 3.8) is 0 Å². The molecule has 108 valence electrons. The summed E-state index contributed by atoms with van der Waals surface area (Å²) in [6, 6.07) is 0.289. The van der Waals surface area contributed by atoms with Crippen molar-refractivity contribution in [1.82, 2.24) is 10.2 Å². The zero-order chi connectivity index (χ0) is 13.9. The number of nitrogens with zero attached hydrogens (tertiary/aromatic N) is 1. The van der Waals surface area contributed by atoms with Gasteiger partial charge in [-0.1, -0.05) is 6.92 Å². The van der Waals surface area contributed by atoms with Crippen LogP contribution in [0, 0.1) is 5.41 Å². The number of amides is 1. The quantitative estimate of drug-likeness (QED) is 0.760. The summed E-state index contributed by atoms with van der Waals surface area (Å²) in [6.07, 6.45) is 4.88. The summed E-state index contributed by atoms with van der Waals surface area (Å²) in [5.74, 6) is -0.656. The number of carbonyl (C=O) groups excluding carboxylic acids is 1. The molecule has 2 fully saturated rings. The largest absolute Gasteiger partial charge is 0.481 e. The normalized spacial score (nSPS) is 27.0. The number of nitrogens with one attached hydrogen (secondary N) is 1. The van der Waals surface area contributed by atoms with Gasteiger partial charge in [0.05, 0.1) is 11.8 Å². The molecule has 0 aromatic carbocycles. The van der Waals surface area contributed by atoms with Crippen molar-refractivity contribution >= 4 is 11.9 Å².